The van der Waals surface area contributed by atoms with Crippen LogP contribution in [0.1, 0.15) is 11.1 Å². The minimum absolute atomic E-state index is 0.0511. The predicted octanol–water partition coefficient (Wildman–Crippen LogP) is 5.19. The first kappa shape index (κ1) is 14.8. The zero-order valence-corrected chi connectivity index (χ0v) is 11.6. The maximum Gasteiger partial charge on any atom is 0.416 e. The Bertz CT molecular complexity index is 593. The van der Waals surface area contributed by atoms with Crippen molar-refractivity contribution < 1.29 is 22.3 Å². The molecule has 106 valence electrons. The molecule has 0 bridgehead atoms. The molecular formula is C14H9BrF4O. The highest BCUT2D eigenvalue weighted by atomic mass is 79.9. The van der Waals surface area contributed by atoms with Crippen LogP contribution in [0.4, 0.5) is 17.6 Å². The van der Waals surface area contributed by atoms with Crippen LogP contribution in [-0.2, 0) is 12.8 Å². The molecule has 0 aliphatic carbocycles. The van der Waals surface area contributed by atoms with E-state index in [1.807, 2.05) is 0 Å². The standard InChI is InChI=1S/C14H9BrF4O/c15-11-4-1-9(13(16)7-11)8-20-12-5-2-10(3-6-12)14(17,18)19/h1-7H,8H2. The van der Waals surface area contributed by atoms with Gasteiger partial charge in [-0.15, -0.1) is 0 Å². The van der Waals surface area contributed by atoms with Gasteiger partial charge in [-0.2, -0.15) is 13.2 Å². The Labute approximate surface area is 121 Å². The summed E-state index contributed by atoms with van der Waals surface area (Å²) < 4.78 is 56.5. The van der Waals surface area contributed by atoms with E-state index in [4.69, 9.17) is 4.74 Å². The predicted molar refractivity (Wildman–Crippen MR) is 69.9 cm³/mol. The minimum Gasteiger partial charge on any atom is -0.489 e. The van der Waals surface area contributed by atoms with Gasteiger partial charge in [-0.3, -0.25) is 0 Å². The van der Waals surface area contributed by atoms with E-state index in [-0.39, 0.29) is 12.4 Å². The first-order valence-corrected chi connectivity index (χ1v) is 6.39. The topological polar surface area (TPSA) is 9.23 Å². The van der Waals surface area contributed by atoms with E-state index in [1.54, 1.807) is 12.1 Å². The molecule has 0 aliphatic heterocycles. The SMILES string of the molecule is Fc1cc(Br)ccc1COc1ccc(C(F)(F)F)cc1. The quantitative estimate of drug-likeness (QED) is 0.694. The van der Waals surface area contributed by atoms with Crippen molar-refractivity contribution in [2.75, 3.05) is 0 Å². The molecule has 0 aliphatic rings. The fraction of sp³-hybridized carbons (Fsp3) is 0.143. The molecule has 6 heteroatoms. The summed E-state index contributed by atoms with van der Waals surface area (Å²) in [5.74, 6) is -0.188. The van der Waals surface area contributed by atoms with Gasteiger partial charge in [-0.05, 0) is 36.4 Å². The van der Waals surface area contributed by atoms with E-state index >= 15 is 0 Å². The lowest BCUT2D eigenvalue weighted by molar-refractivity contribution is -0.137. The second kappa shape index (κ2) is 5.83. The third-order valence-electron chi connectivity index (χ3n) is 2.59. The van der Waals surface area contributed by atoms with Crippen molar-refractivity contribution in [2.45, 2.75) is 12.8 Å². The Hall–Kier alpha value is -1.56. The van der Waals surface area contributed by atoms with E-state index in [0.717, 1.165) is 12.1 Å². The normalized spacial score (nSPS) is 11.4. The zero-order chi connectivity index (χ0) is 14.8. The van der Waals surface area contributed by atoms with Crippen molar-refractivity contribution in [1.82, 2.24) is 0 Å². The molecule has 0 saturated carbocycles. The Balaban J connectivity index is 2.04. The third kappa shape index (κ3) is 3.72. The van der Waals surface area contributed by atoms with Gasteiger partial charge in [0.25, 0.3) is 0 Å². The first-order chi connectivity index (χ1) is 9.36. The third-order valence-corrected chi connectivity index (χ3v) is 3.08. The molecular weight excluding hydrogens is 340 g/mol. The molecule has 0 unspecified atom stereocenters. The highest BCUT2D eigenvalue weighted by molar-refractivity contribution is 9.10. The Morgan fingerprint density at radius 1 is 1.00 bits per heavy atom. The van der Waals surface area contributed by atoms with Crippen molar-refractivity contribution in [1.29, 1.82) is 0 Å². The Kier molecular flexibility index (Phi) is 4.32. The van der Waals surface area contributed by atoms with Gasteiger partial charge in [-0.1, -0.05) is 22.0 Å². The van der Waals surface area contributed by atoms with Crippen molar-refractivity contribution in [3.8, 4) is 5.75 Å². The summed E-state index contributed by atoms with van der Waals surface area (Å²) in [6, 6.07) is 8.77. The summed E-state index contributed by atoms with van der Waals surface area (Å²) >= 11 is 3.13. The summed E-state index contributed by atoms with van der Waals surface area (Å²) in [5.41, 5.74) is -0.423. The highest BCUT2D eigenvalue weighted by Gasteiger charge is 2.29. The van der Waals surface area contributed by atoms with Gasteiger partial charge in [0, 0.05) is 10.0 Å². The van der Waals surface area contributed by atoms with Crippen molar-refractivity contribution in [2.24, 2.45) is 0 Å². The summed E-state index contributed by atoms with van der Waals surface area (Å²) in [6.45, 7) is -0.0511. The smallest absolute Gasteiger partial charge is 0.416 e. The fourth-order valence-electron chi connectivity index (χ4n) is 1.54. The first-order valence-electron chi connectivity index (χ1n) is 5.60. The van der Waals surface area contributed by atoms with Crippen LogP contribution >= 0.6 is 15.9 Å². The number of halogens is 5. The Morgan fingerprint density at radius 2 is 1.65 bits per heavy atom. The van der Waals surface area contributed by atoms with E-state index in [1.165, 1.54) is 18.2 Å². The van der Waals surface area contributed by atoms with Crippen LogP contribution in [0.3, 0.4) is 0 Å². The zero-order valence-electron chi connectivity index (χ0n) is 10.0. The summed E-state index contributed by atoms with van der Waals surface area (Å²) in [4.78, 5) is 0. The molecule has 0 aromatic heterocycles. The molecule has 1 nitrogen and oxygen atoms in total. The largest absolute Gasteiger partial charge is 0.489 e. The van der Waals surface area contributed by atoms with E-state index in [2.05, 4.69) is 15.9 Å². The number of hydrogen-bond donors (Lipinski definition) is 0. The van der Waals surface area contributed by atoms with Gasteiger partial charge in [0.2, 0.25) is 0 Å². The minimum atomic E-state index is -4.38. The average Bonchev–Trinajstić information content (AvgIpc) is 2.37. The van der Waals surface area contributed by atoms with Crippen LogP contribution in [0.15, 0.2) is 46.9 Å². The monoisotopic (exact) mass is 348 g/mol. The van der Waals surface area contributed by atoms with E-state index < -0.39 is 17.6 Å². The van der Waals surface area contributed by atoms with Gasteiger partial charge in [-0.25, -0.2) is 4.39 Å². The molecule has 0 spiro atoms. The lowest BCUT2D eigenvalue weighted by atomic mass is 10.2. The maximum atomic E-state index is 13.5. The van der Waals surface area contributed by atoms with E-state index in [0.29, 0.717) is 10.0 Å². The van der Waals surface area contributed by atoms with E-state index in [9.17, 15) is 17.6 Å². The number of hydrogen-bond acceptors (Lipinski definition) is 1. The van der Waals surface area contributed by atoms with Gasteiger partial charge in [0.05, 0.1) is 5.56 Å². The second-order valence-corrected chi connectivity index (χ2v) is 4.96. The molecule has 0 N–H and O–H groups in total. The molecule has 0 radical (unpaired) electrons. The van der Waals surface area contributed by atoms with Gasteiger partial charge in [0.15, 0.2) is 0 Å². The van der Waals surface area contributed by atoms with Gasteiger partial charge in [0.1, 0.15) is 18.2 Å². The number of rotatable bonds is 3. The molecule has 2 aromatic rings. The van der Waals surface area contributed by atoms with Crippen molar-refractivity contribution in [3.05, 3.63) is 63.9 Å². The van der Waals surface area contributed by atoms with Crippen LogP contribution in [-0.4, -0.2) is 0 Å². The molecule has 2 rings (SSSR count). The molecule has 0 amide bonds. The maximum absolute atomic E-state index is 13.5. The number of ether oxygens (including phenoxy) is 1. The number of benzene rings is 2. The molecule has 0 saturated heterocycles. The molecule has 0 heterocycles. The highest BCUT2D eigenvalue weighted by Crippen LogP contribution is 2.30. The average molecular weight is 349 g/mol. The lowest BCUT2D eigenvalue weighted by Gasteiger charge is -2.10. The molecule has 2 aromatic carbocycles. The van der Waals surface area contributed by atoms with Crippen LogP contribution in [0, 0.1) is 5.82 Å². The van der Waals surface area contributed by atoms with Crippen LogP contribution in [0.5, 0.6) is 5.75 Å². The Morgan fingerprint density at radius 3 is 2.20 bits per heavy atom. The summed E-state index contributed by atoms with van der Waals surface area (Å²) in [7, 11) is 0. The second-order valence-electron chi connectivity index (χ2n) is 4.05. The van der Waals surface area contributed by atoms with Crippen molar-refractivity contribution >= 4 is 15.9 Å². The van der Waals surface area contributed by atoms with Gasteiger partial charge < -0.3 is 4.74 Å². The number of alkyl halides is 3. The van der Waals surface area contributed by atoms with Crippen LogP contribution in [0.25, 0.3) is 0 Å². The lowest BCUT2D eigenvalue weighted by Crippen LogP contribution is -2.04. The van der Waals surface area contributed by atoms with Crippen LogP contribution < -0.4 is 4.74 Å². The fourth-order valence-corrected chi connectivity index (χ4v) is 1.87. The van der Waals surface area contributed by atoms with Gasteiger partial charge >= 0.3 is 6.18 Å². The molecule has 0 fully saturated rings. The summed E-state index contributed by atoms with van der Waals surface area (Å²) in [6.07, 6.45) is -4.38. The molecule has 20 heavy (non-hydrogen) atoms. The van der Waals surface area contributed by atoms with Crippen LogP contribution in [0.2, 0.25) is 0 Å². The van der Waals surface area contributed by atoms with Crippen molar-refractivity contribution in [3.63, 3.8) is 0 Å². The summed E-state index contributed by atoms with van der Waals surface area (Å²) in [5, 5.41) is 0. The molecule has 0 atom stereocenters.